The van der Waals surface area contributed by atoms with Gasteiger partial charge in [-0.3, -0.25) is 9.69 Å². The number of morpholine rings is 1. The molecule has 5 heteroatoms. The zero-order valence-electron chi connectivity index (χ0n) is 10.8. The molecule has 0 aromatic heterocycles. The number of carbonyl (C=O) groups excluding carboxylic acids is 1. The second kappa shape index (κ2) is 5.80. The molecule has 0 radical (unpaired) electrons. The van der Waals surface area contributed by atoms with Gasteiger partial charge in [-0.05, 0) is 13.5 Å². The number of amides is 1. The highest BCUT2D eigenvalue weighted by molar-refractivity contribution is 5.81. The van der Waals surface area contributed by atoms with Gasteiger partial charge in [-0.15, -0.1) is 0 Å². The summed E-state index contributed by atoms with van der Waals surface area (Å²) in [5.74, 6) is 0.164. The molecule has 2 fully saturated rings. The maximum absolute atomic E-state index is 12.4. The molecule has 0 aliphatic carbocycles. The predicted molar refractivity (Wildman–Crippen MR) is 65.9 cm³/mol. The summed E-state index contributed by atoms with van der Waals surface area (Å²) in [6.07, 6.45) is -0.260. The number of ether oxygens (including phenoxy) is 1. The Balaban J connectivity index is 1.93. The van der Waals surface area contributed by atoms with Crippen molar-refractivity contribution in [2.24, 2.45) is 0 Å². The van der Waals surface area contributed by atoms with Gasteiger partial charge in [0, 0.05) is 38.8 Å². The highest BCUT2D eigenvalue weighted by atomic mass is 16.5. The first-order chi connectivity index (χ1) is 8.22. The zero-order valence-corrected chi connectivity index (χ0v) is 10.8. The molecule has 2 atom stereocenters. The van der Waals surface area contributed by atoms with Crippen molar-refractivity contribution in [3.63, 3.8) is 0 Å². The van der Waals surface area contributed by atoms with Gasteiger partial charge in [0.1, 0.15) is 6.10 Å². The van der Waals surface area contributed by atoms with Crippen LogP contribution in [0.1, 0.15) is 13.8 Å². The van der Waals surface area contributed by atoms with Crippen LogP contribution >= 0.6 is 0 Å². The third-order valence-corrected chi connectivity index (χ3v) is 3.66. The summed E-state index contributed by atoms with van der Waals surface area (Å²) in [7, 11) is 0. The van der Waals surface area contributed by atoms with Crippen molar-refractivity contribution in [1.82, 2.24) is 15.1 Å². The fourth-order valence-corrected chi connectivity index (χ4v) is 2.49. The van der Waals surface area contributed by atoms with E-state index in [1.54, 1.807) is 0 Å². The van der Waals surface area contributed by atoms with E-state index in [1.807, 2.05) is 4.90 Å². The number of likely N-dealkylation sites (N-methyl/N-ethyl adjacent to an activating group) is 1. The summed E-state index contributed by atoms with van der Waals surface area (Å²) < 4.78 is 5.62. The van der Waals surface area contributed by atoms with Gasteiger partial charge in [0.2, 0.25) is 0 Å². The molecule has 0 saturated carbocycles. The minimum Gasteiger partial charge on any atom is -0.366 e. The first kappa shape index (κ1) is 12.8. The first-order valence-corrected chi connectivity index (χ1v) is 6.57. The fourth-order valence-electron chi connectivity index (χ4n) is 2.49. The van der Waals surface area contributed by atoms with Crippen LogP contribution in [-0.4, -0.2) is 73.7 Å². The summed E-state index contributed by atoms with van der Waals surface area (Å²) >= 11 is 0. The highest BCUT2D eigenvalue weighted by Gasteiger charge is 2.32. The zero-order chi connectivity index (χ0) is 12.3. The molecule has 0 spiro atoms. The van der Waals surface area contributed by atoms with Crippen molar-refractivity contribution in [2.45, 2.75) is 26.0 Å². The molecule has 5 nitrogen and oxygen atoms in total. The van der Waals surface area contributed by atoms with Gasteiger partial charge in [0.05, 0.1) is 6.61 Å². The van der Waals surface area contributed by atoms with Gasteiger partial charge in [-0.2, -0.15) is 0 Å². The Kier molecular flexibility index (Phi) is 4.36. The summed E-state index contributed by atoms with van der Waals surface area (Å²) in [6, 6.07) is 0.275. The van der Waals surface area contributed by atoms with Gasteiger partial charge in [-0.1, -0.05) is 6.92 Å². The molecule has 0 aromatic rings. The Labute approximate surface area is 103 Å². The molecule has 2 heterocycles. The largest absolute Gasteiger partial charge is 0.366 e. The van der Waals surface area contributed by atoms with Gasteiger partial charge in [0.15, 0.2) is 0 Å². The molecule has 17 heavy (non-hydrogen) atoms. The summed E-state index contributed by atoms with van der Waals surface area (Å²) in [5, 5.41) is 3.30. The van der Waals surface area contributed by atoms with E-state index in [4.69, 9.17) is 4.74 Å². The highest BCUT2D eigenvalue weighted by Crippen LogP contribution is 2.11. The number of hydrogen-bond acceptors (Lipinski definition) is 4. The van der Waals surface area contributed by atoms with E-state index < -0.39 is 0 Å². The Morgan fingerprint density at radius 1 is 1.47 bits per heavy atom. The van der Waals surface area contributed by atoms with Crippen LogP contribution in [0.4, 0.5) is 0 Å². The predicted octanol–water partition coefficient (Wildman–Crippen LogP) is -0.473. The van der Waals surface area contributed by atoms with E-state index in [2.05, 4.69) is 24.1 Å². The van der Waals surface area contributed by atoms with Gasteiger partial charge >= 0.3 is 0 Å². The van der Waals surface area contributed by atoms with Crippen molar-refractivity contribution in [2.75, 3.05) is 45.9 Å². The van der Waals surface area contributed by atoms with E-state index in [9.17, 15) is 4.79 Å². The monoisotopic (exact) mass is 241 g/mol. The number of hydrogen-bond donors (Lipinski definition) is 1. The van der Waals surface area contributed by atoms with Crippen molar-refractivity contribution >= 4 is 5.91 Å². The molecule has 1 N–H and O–H groups in total. The third kappa shape index (κ3) is 2.97. The van der Waals surface area contributed by atoms with Gasteiger partial charge < -0.3 is 15.0 Å². The molecular weight excluding hydrogens is 218 g/mol. The number of piperazine rings is 1. The van der Waals surface area contributed by atoms with Crippen molar-refractivity contribution in [1.29, 1.82) is 0 Å². The summed E-state index contributed by atoms with van der Waals surface area (Å²) in [5.41, 5.74) is 0. The van der Waals surface area contributed by atoms with Crippen LogP contribution in [0.5, 0.6) is 0 Å². The van der Waals surface area contributed by atoms with Gasteiger partial charge in [-0.25, -0.2) is 0 Å². The van der Waals surface area contributed by atoms with Crippen LogP contribution in [0.3, 0.4) is 0 Å². The first-order valence-electron chi connectivity index (χ1n) is 6.57. The van der Waals surface area contributed by atoms with Crippen molar-refractivity contribution < 1.29 is 9.53 Å². The standard InChI is InChI=1S/C12H23N3O2/c1-3-14-6-7-17-11(9-14)12(16)15-5-4-13-8-10(15)2/h10-11,13H,3-9H2,1-2H3/t10-,11-/m0/s1. The van der Waals surface area contributed by atoms with E-state index >= 15 is 0 Å². The molecule has 1 amide bonds. The Morgan fingerprint density at radius 3 is 3.00 bits per heavy atom. The lowest BCUT2D eigenvalue weighted by Crippen LogP contribution is -2.58. The molecule has 0 unspecified atom stereocenters. The topological polar surface area (TPSA) is 44.8 Å². The Bertz CT molecular complexity index is 272. The molecule has 2 aliphatic heterocycles. The smallest absolute Gasteiger partial charge is 0.253 e. The van der Waals surface area contributed by atoms with E-state index in [0.29, 0.717) is 6.61 Å². The quantitative estimate of drug-likeness (QED) is 0.710. The number of carbonyl (C=O) groups is 1. The lowest BCUT2D eigenvalue weighted by Gasteiger charge is -2.39. The summed E-state index contributed by atoms with van der Waals surface area (Å²) in [4.78, 5) is 16.6. The normalized spacial score (nSPS) is 31.5. The van der Waals surface area contributed by atoms with E-state index in [-0.39, 0.29) is 18.1 Å². The Morgan fingerprint density at radius 2 is 2.29 bits per heavy atom. The maximum Gasteiger partial charge on any atom is 0.253 e. The van der Waals surface area contributed by atoms with Crippen LogP contribution < -0.4 is 5.32 Å². The molecule has 2 rings (SSSR count). The molecule has 98 valence electrons. The third-order valence-electron chi connectivity index (χ3n) is 3.66. The van der Waals surface area contributed by atoms with Crippen LogP contribution in [0, 0.1) is 0 Å². The van der Waals surface area contributed by atoms with Crippen molar-refractivity contribution in [3.8, 4) is 0 Å². The van der Waals surface area contributed by atoms with Gasteiger partial charge in [0.25, 0.3) is 5.91 Å². The summed E-state index contributed by atoms with van der Waals surface area (Å²) in [6.45, 7) is 10.1. The molecular formula is C12H23N3O2. The average molecular weight is 241 g/mol. The van der Waals surface area contributed by atoms with Crippen LogP contribution in [0.15, 0.2) is 0 Å². The van der Waals surface area contributed by atoms with Crippen LogP contribution in [0.2, 0.25) is 0 Å². The van der Waals surface area contributed by atoms with Crippen molar-refractivity contribution in [3.05, 3.63) is 0 Å². The lowest BCUT2D eigenvalue weighted by molar-refractivity contribution is -0.152. The van der Waals surface area contributed by atoms with Crippen LogP contribution in [0.25, 0.3) is 0 Å². The van der Waals surface area contributed by atoms with E-state index in [0.717, 1.165) is 39.3 Å². The molecule has 0 bridgehead atoms. The number of rotatable bonds is 2. The second-order valence-corrected chi connectivity index (χ2v) is 4.84. The molecule has 2 aliphatic rings. The molecule has 0 aromatic carbocycles. The second-order valence-electron chi connectivity index (χ2n) is 4.84. The minimum absolute atomic E-state index is 0.164. The minimum atomic E-state index is -0.260. The Hall–Kier alpha value is -0.650. The number of nitrogens with one attached hydrogen (secondary N) is 1. The molecule has 2 saturated heterocycles. The SMILES string of the molecule is CCN1CCO[C@H](C(=O)N2CCNC[C@@H]2C)C1. The number of nitrogens with zero attached hydrogens (tertiary/aromatic N) is 2. The maximum atomic E-state index is 12.4. The van der Waals surface area contributed by atoms with E-state index in [1.165, 1.54) is 0 Å². The average Bonchev–Trinajstić information content (AvgIpc) is 2.38. The fraction of sp³-hybridized carbons (Fsp3) is 0.917. The van der Waals surface area contributed by atoms with Crippen LogP contribution in [-0.2, 0) is 9.53 Å². The lowest BCUT2D eigenvalue weighted by atomic mass is 10.1.